The standard InChI is InChI=1S/C18H32N.H2O4S/c1-3-4-5-6-7-8-9-10-11-13-16-19-17-14-12-15-18(19)2;1-5(2,3)4/h12,14-15,17H,3-11,13,16H2,1-2H3;(H2,1,2,3,4)/q+1;/p-1. The van der Waals surface area contributed by atoms with Gasteiger partial charge in [0, 0.05) is 25.5 Å². The minimum Gasteiger partial charge on any atom is -0.726 e. The quantitative estimate of drug-likeness (QED) is 0.278. The van der Waals surface area contributed by atoms with E-state index in [4.69, 9.17) is 17.5 Å². The van der Waals surface area contributed by atoms with E-state index in [9.17, 15) is 0 Å². The van der Waals surface area contributed by atoms with Crippen LogP contribution in [0.15, 0.2) is 24.4 Å². The summed E-state index contributed by atoms with van der Waals surface area (Å²) < 4.78 is 35.2. The summed E-state index contributed by atoms with van der Waals surface area (Å²) in [5, 5.41) is 0. The van der Waals surface area contributed by atoms with Gasteiger partial charge in [-0.1, -0.05) is 64.4 Å². The van der Waals surface area contributed by atoms with Crippen LogP contribution in [0, 0.1) is 6.92 Å². The molecule has 0 unspecified atom stereocenters. The molecule has 0 spiro atoms. The summed E-state index contributed by atoms with van der Waals surface area (Å²) in [5.74, 6) is 0. The van der Waals surface area contributed by atoms with Gasteiger partial charge in [-0.3, -0.25) is 4.55 Å². The molecule has 0 bridgehead atoms. The molecule has 0 fully saturated rings. The van der Waals surface area contributed by atoms with E-state index in [-0.39, 0.29) is 0 Å². The van der Waals surface area contributed by atoms with Crippen LogP contribution < -0.4 is 4.57 Å². The molecular formula is C18H33NO4S. The lowest BCUT2D eigenvalue weighted by molar-refractivity contribution is -0.703. The first-order valence-electron chi connectivity index (χ1n) is 8.98. The van der Waals surface area contributed by atoms with E-state index < -0.39 is 10.4 Å². The second-order valence-electron chi connectivity index (χ2n) is 6.15. The summed E-state index contributed by atoms with van der Waals surface area (Å²) in [6, 6.07) is 6.43. The van der Waals surface area contributed by atoms with Gasteiger partial charge in [0.05, 0.1) is 0 Å². The smallest absolute Gasteiger partial charge is 0.215 e. The highest BCUT2D eigenvalue weighted by Gasteiger charge is 2.02. The highest BCUT2D eigenvalue weighted by Crippen LogP contribution is 2.10. The number of rotatable bonds is 11. The molecule has 1 rings (SSSR count). The van der Waals surface area contributed by atoms with E-state index in [1.165, 1.54) is 76.4 Å². The molecule has 0 aliphatic rings. The molecule has 0 aliphatic carbocycles. The number of hydrogen-bond donors (Lipinski definition) is 1. The fraction of sp³-hybridized carbons (Fsp3) is 0.722. The Balaban J connectivity index is 0.000000922. The third-order valence-corrected chi connectivity index (χ3v) is 3.92. The Morgan fingerprint density at radius 3 is 1.88 bits per heavy atom. The van der Waals surface area contributed by atoms with E-state index in [1.807, 2.05) is 0 Å². The number of hydrogen-bond acceptors (Lipinski definition) is 3. The van der Waals surface area contributed by atoms with Gasteiger partial charge in [0.15, 0.2) is 11.9 Å². The SMILES string of the molecule is CCCCCCCCCCCC[n+]1ccccc1C.O=S(=O)([O-])O. The van der Waals surface area contributed by atoms with Crippen LogP contribution in [0.3, 0.4) is 0 Å². The number of aromatic nitrogens is 1. The van der Waals surface area contributed by atoms with Crippen LogP contribution in [0.25, 0.3) is 0 Å². The van der Waals surface area contributed by atoms with E-state index in [0.29, 0.717) is 0 Å². The second-order valence-corrected chi connectivity index (χ2v) is 7.00. The molecule has 0 radical (unpaired) electrons. The molecule has 1 N–H and O–H groups in total. The Morgan fingerprint density at radius 1 is 0.958 bits per heavy atom. The molecule has 1 heterocycles. The van der Waals surface area contributed by atoms with Crippen molar-refractivity contribution in [2.45, 2.75) is 84.6 Å². The lowest BCUT2D eigenvalue weighted by atomic mass is 10.1. The Morgan fingerprint density at radius 2 is 1.42 bits per heavy atom. The number of aryl methyl sites for hydroxylation is 2. The summed E-state index contributed by atoms with van der Waals surface area (Å²) in [5.41, 5.74) is 1.37. The maximum Gasteiger partial charge on any atom is 0.215 e. The molecule has 0 saturated heterocycles. The van der Waals surface area contributed by atoms with E-state index in [1.54, 1.807) is 0 Å². The number of nitrogens with zero attached hydrogens (tertiary/aromatic N) is 1. The van der Waals surface area contributed by atoms with Gasteiger partial charge < -0.3 is 4.55 Å². The molecule has 1 aromatic heterocycles. The first kappa shape index (κ1) is 23.0. The van der Waals surface area contributed by atoms with E-state index in [2.05, 4.69) is 42.8 Å². The Hall–Kier alpha value is -0.980. The highest BCUT2D eigenvalue weighted by molar-refractivity contribution is 7.79. The van der Waals surface area contributed by atoms with Crippen molar-refractivity contribution in [2.24, 2.45) is 0 Å². The second kappa shape index (κ2) is 14.4. The average molecular weight is 360 g/mol. The molecule has 6 heteroatoms. The van der Waals surface area contributed by atoms with Gasteiger partial charge in [-0.15, -0.1) is 0 Å². The van der Waals surface area contributed by atoms with Crippen LogP contribution >= 0.6 is 0 Å². The molecule has 24 heavy (non-hydrogen) atoms. The lowest BCUT2D eigenvalue weighted by Crippen LogP contribution is -2.36. The predicted octanol–water partition coefficient (Wildman–Crippen LogP) is 4.21. The van der Waals surface area contributed by atoms with Crippen molar-refractivity contribution in [3.8, 4) is 0 Å². The maximum atomic E-state index is 8.63. The van der Waals surface area contributed by atoms with E-state index in [0.717, 1.165) is 0 Å². The topological polar surface area (TPSA) is 81.3 Å². The van der Waals surface area contributed by atoms with Crippen molar-refractivity contribution < 1.29 is 22.1 Å². The van der Waals surface area contributed by atoms with Crippen LogP contribution in [-0.4, -0.2) is 17.5 Å². The van der Waals surface area contributed by atoms with Gasteiger partial charge >= 0.3 is 0 Å². The highest BCUT2D eigenvalue weighted by atomic mass is 32.3. The van der Waals surface area contributed by atoms with Crippen molar-refractivity contribution >= 4 is 10.4 Å². The number of unbranched alkanes of at least 4 members (excludes halogenated alkanes) is 9. The third kappa shape index (κ3) is 17.4. The zero-order chi connectivity index (χ0) is 18.3. The first-order chi connectivity index (χ1) is 11.3. The zero-order valence-corrected chi connectivity index (χ0v) is 15.9. The molecule has 0 atom stereocenters. The van der Waals surface area contributed by atoms with Gasteiger partial charge in [-0.2, -0.15) is 0 Å². The minimum absolute atomic E-state index is 1.18. The molecule has 0 saturated carbocycles. The maximum absolute atomic E-state index is 8.63. The molecule has 0 aromatic carbocycles. The predicted molar refractivity (Wildman–Crippen MR) is 95.5 cm³/mol. The molecule has 5 nitrogen and oxygen atoms in total. The fourth-order valence-electron chi connectivity index (χ4n) is 2.58. The monoisotopic (exact) mass is 359 g/mol. The van der Waals surface area contributed by atoms with Crippen LogP contribution in [0.2, 0.25) is 0 Å². The van der Waals surface area contributed by atoms with Gasteiger partial charge in [0.2, 0.25) is 10.4 Å². The van der Waals surface area contributed by atoms with Gasteiger partial charge in [-0.25, -0.2) is 13.0 Å². The lowest BCUT2D eigenvalue weighted by Gasteiger charge is -2.02. The molecule has 0 aliphatic heterocycles. The van der Waals surface area contributed by atoms with Crippen molar-refractivity contribution in [3.05, 3.63) is 30.1 Å². The molecule has 1 aromatic rings. The zero-order valence-electron chi connectivity index (χ0n) is 15.1. The van der Waals surface area contributed by atoms with Crippen LogP contribution in [0.4, 0.5) is 0 Å². The molecular weight excluding hydrogens is 326 g/mol. The van der Waals surface area contributed by atoms with Gasteiger partial charge in [0.1, 0.15) is 6.54 Å². The Bertz CT molecular complexity index is 510. The van der Waals surface area contributed by atoms with Crippen LogP contribution in [0.1, 0.15) is 76.8 Å². The molecule has 0 amide bonds. The normalized spacial score (nSPS) is 11.0. The van der Waals surface area contributed by atoms with Crippen LogP contribution in [-0.2, 0) is 16.9 Å². The minimum atomic E-state index is -4.92. The van der Waals surface area contributed by atoms with Gasteiger partial charge in [0.25, 0.3) is 0 Å². The Kier molecular flexibility index (Phi) is 13.8. The summed E-state index contributed by atoms with van der Waals surface area (Å²) in [6.45, 7) is 5.66. The first-order valence-corrected chi connectivity index (χ1v) is 10.3. The van der Waals surface area contributed by atoms with Gasteiger partial charge in [-0.05, 0) is 6.42 Å². The largest absolute Gasteiger partial charge is 0.726 e. The fourth-order valence-corrected chi connectivity index (χ4v) is 2.58. The third-order valence-electron chi connectivity index (χ3n) is 3.92. The summed E-state index contributed by atoms with van der Waals surface area (Å²) in [6.07, 6.45) is 16.3. The number of pyridine rings is 1. The van der Waals surface area contributed by atoms with Crippen LogP contribution in [0.5, 0.6) is 0 Å². The summed E-state index contributed by atoms with van der Waals surface area (Å²) in [4.78, 5) is 0. The van der Waals surface area contributed by atoms with Crippen molar-refractivity contribution in [2.75, 3.05) is 0 Å². The summed E-state index contributed by atoms with van der Waals surface area (Å²) in [7, 11) is -4.92. The average Bonchev–Trinajstić information content (AvgIpc) is 2.49. The molecule has 140 valence electrons. The summed E-state index contributed by atoms with van der Waals surface area (Å²) >= 11 is 0. The Labute approximate surface area is 147 Å². The van der Waals surface area contributed by atoms with E-state index >= 15 is 0 Å². The van der Waals surface area contributed by atoms with Crippen molar-refractivity contribution in [3.63, 3.8) is 0 Å². The van der Waals surface area contributed by atoms with Crippen molar-refractivity contribution in [1.29, 1.82) is 0 Å². The van der Waals surface area contributed by atoms with Crippen molar-refractivity contribution in [1.82, 2.24) is 0 Å².